The average molecular weight is 242 g/mol. The summed E-state index contributed by atoms with van der Waals surface area (Å²) in [6, 6.07) is 0. The maximum absolute atomic E-state index is 11.8. The number of aliphatic hydroxyl groups is 1. The van der Waals surface area contributed by atoms with Gasteiger partial charge in [0.25, 0.3) is 0 Å². The molecule has 0 aliphatic heterocycles. The van der Waals surface area contributed by atoms with Gasteiger partial charge in [-0.15, -0.1) is 0 Å². The van der Waals surface area contributed by atoms with Crippen molar-refractivity contribution >= 4 is 5.97 Å². The summed E-state index contributed by atoms with van der Waals surface area (Å²) in [6.07, 6.45) is 5.09. The van der Waals surface area contributed by atoms with Crippen LogP contribution in [-0.2, 0) is 9.53 Å². The molecule has 100 valence electrons. The largest absolute Gasteiger partial charge is 0.465 e. The maximum Gasteiger partial charge on any atom is 0.311 e. The van der Waals surface area contributed by atoms with Crippen molar-refractivity contribution < 1.29 is 14.6 Å². The Kier molecular flexibility index (Phi) is 5.44. The quantitative estimate of drug-likeness (QED) is 0.754. The third-order valence-electron chi connectivity index (χ3n) is 4.11. The number of ether oxygens (including phenoxy) is 1. The van der Waals surface area contributed by atoms with Crippen LogP contribution in [0.3, 0.4) is 0 Å². The summed E-state index contributed by atoms with van der Waals surface area (Å²) in [5.74, 6) is 0.882. The van der Waals surface area contributed by atoms with E-state index in [0.29, 0.717) is 25.0 Å². The van der Waals surface area contributed by atoms with Crippen LogP contribution in [0, 0.1) is 17.3 Å². The van der Waals surface area contributed by atoms with E-state index < -0.39 is 0 Å². The smallest absolute Gasteiger partial charge is 0.311 e. The summed E-state index contributed by atoms with van der Waals surface area (Å²) in [6.45, 7) is 6.72. The predicted octanol–water partition coefficient (Wildman–Crippen LogP) is 2.76. The van der Waals surface area contributed by atoms with Gasteiger partial charge in [0.15, 0.2) is 0 Å². The lowest BCUT2D eigenvalue weighted by Gasteiger charge is -2.28. The zero-order valence-electron chi connectivity index (χ0n) is 11.4. The van der Waals surface area contributed by atoms with Gasteiger partial charge in [0.1, 0.15) is 0 Å². The van der Waals surface area contributed by atoms with Crippen LogP contribution in [0.1, 0.15) is 52.9 Å². The van der Waals surface area contributed by atoms with Crippen LogP contribution >= 0.6 is 0 Å². The van der Waals surface area contributed by atoms with Crippen molar-refractivity contribution in [2.75, 3.05) is 13.2 Å². The highest BCUT2D eigenvalue weighted by atomic mass is 16.5. The molecule has 0 unspecified atom stereocenters. The van der Waals surface area contributed by atoms with Gasteiger partial charge in [0, 0.05) is 6.61 Å². The van der Waals surface area contributed by atoms with Gasteiger partial charge in [-0.25, -0.2) is 0 Å². The molecule has 1 aliphatic rings. The normalized spacial score (nSPS) is 25.6. The molecule has 17 heavy (non-hydrogen) atoms. The molecule has 0 spiro atoms. The number of carbonyl (C=O) groups is 1. The van der Waals surface area contributed by atoms with E-state index in [2.05, 4.69) is 0 Å². The van der Waals surface area contributed by atoms with Crippen molar-refractivity contribution in [1.29, 1.82) is 0 Å². The summed E-state index contributed by atoms with van der Waals surface area (Å²) < 4.78 is 5.40. The molecule has 0 saturated heterocycles. The van der Waals surface area contributed by atoms with E-state index in [0.717, 1.165) is 32.1 Å². The van der Waals surface area contributed by atoms with Gasteiger partial charge in [-0.2, -0.15) is 0 Å². The number of aliphatic hydroxyl groups excluding tert-OH is 1. The standard InChI is InChI=1S/C14H26O3/c1-4-14(2,3)13(16)17-10-12-7-5-11(9-15)6-8-12/h11-12,15H,4-10H2,1-3H3. The second-order valence-corrected chi connectivity index (χ2v) is 5.91. The Hall–Kier alpha value is -0.570. The zero-order valence-corrected chi connectivity index (χ0v) is 11.4. The predicted molar refractivity (Wildman–Crippen MR) is 67.6 cm³/mol. The average Bonchev–Trinajstić information content (AvgIpc) is 2.36. The van der Waals surface area contributed by atoms with E-state index in [4.69, 9.17) is 9.84 Å². The fraction of sp³-hybridized carbons (Fsp3) is 0.929. The Morgan fingerprint density at radius 3 is 2.24 bits per heavy atom. The number of hydrogen-bond acceptors (Lipinski definition) is 3. The van der Waals surface area contributed by atoms with E-state index in [1.54, 1.807) is 0 Å². The van der Waals surface area contributed by atoms with Crippen LogP contribution in [0.2, 0.25) is 0 Å². The van der Waals surface area contributed by atoms with Crippen molar-refractivity contribution in [3.8, 4) is 0 Å². The minimum atomic E-state index is -0.359. The summed E-state index contributed by atoms with van der Waals surface area (Å²) in [5, 5.41) is 9.05. The molecule has 1 fully saturated rings. The number of rotatable bonds is 5. The lowest BCUT2D eigenvalue weighted by atomic mass is 9.83. The Morgan fingerprint density at radius 1 is 1.24 bits per heavy atom. The zero-order chi connectivity index (χ0) is 12.9. The van der Waals surface area contributed by atoms with Gasteiger partial charge in [-0.1, -0.05) is 6.92 Å². The van der Waals surface area contributed by atoms with Crippen molar-refractivity contribution in [2.24, 2.45) is 17.3 Å². The summed E-state index contributed by atoms with van der Waals surface area (Å²) >= 11 is 0. The topological polar surface area (TPSA) is 46.5 Å². The number of hydrogen-bond donors (Lipinski definition) is 1. The molecule has 1 N–H and O–H groups in total. The highest BCUT2D eigenvalue weighted by Gasteiger charge is 2.28. The Balaban J connectivity index is 2.26. The molecule has 1 rings (SSSR count). The van der Waals surface area contributed by atoms with E-state index >= 15 is 0 Å². The molecule has 0 aromatic carbocycles. The molecule has 1 saturated carbocycles. The molecular weight excluding hydrogens is 216 g/mol. The van der Waals surface area contributed by atoms with Crippen LogP contribution < -0.4 is 0 Å². The molecule has 3 heteroatoms. The van der Waals surface area contributed by atoms with E-state index in [9.17, 15) is 4.79 Å². The van der Waals surface area contributed by atoms with Gasteiger partial charge in [0.05, 0.1) is 12.0 Å². The SMILES string of the molecule is CCC(C)(C)C(=O)OCC1CCC(CO)CC1. The minimum absolute atomic E-state index is 0.0794. The lowest BCUT2D eigenvalue weighted by Crippen LogP contribution is -2.29. The Labute approximate surface area is 105 Å². The van der Waals surface area contributed by atoms with Gasteiger partial charge in [-0.05, 0) is 57.8 Å². The fourth-order valence-electron chi connectivity index (χ4n) is 2.11. The first-order valence-electron chi connectivity index (χ1n) is 6.77. The third kappa shape index (κ3) is 4.30. The van der Waals surface area contributed by atoms with Gasteiger partial charge < -0.3 is 9.84 Å². The van der Waals surface area contributed by atoms with E-state index in [-0.39, 0.29) is 11.4 Å². The maximum atomic E-state index is 11.8. The number of carbonyl (C=O) groups excluding carboxylic acids is 1. The first kappa shape index (κ1) is 14.5. The Bertz CT molecular complexity index is 240. The molecule has 0 atom stereocenters. The van der Waals surface area contributed by atoms with Crippen LogP contribution in [0.15, 0.2) is 0 Å². The molecule has 0 radical (unpaired) electrons. The van der Waals surface area contributed by atoms with Crippen molar-refractivity contribution in [3.63, 3.8) is 0 Å². The molecule has 0 bridgehead atoms. The van der Waals surface area contributed by atoms with Crippen molar-refractivity contribution in [3.05, 3.63) is 0 Å². The Morgan fingerprint density at radius 2 is 1.76 bits per heavy atom. The summed E-state index contributed by atoms with van der Waals surface area (Å²) in [5.41, 5.74) is -0.359. The van der Waals surface area contributed by atoms with E-state index in [1.807, 2.05) is 20.8 Å². The second-order valence-electron chi connectivity index (χ2n) is 5.91. The third-order valence-corrected chi connectivity index (χ3v) is 4.11. The molecule has 1 aliphatic carbocycles. The van der Waals surface area contributed by atoms with Gasteiger partial charge >= 0.3 is 5.97 Å². The minimum Gasteiger partial charge on any atom is -0.465 e. The molecular formula is C14H26O3. The lowest BCUT2D eigenvalue weighted by molar-refractivity contribution is -0.156. The van der Waals surface area contributed by atoms with Crippen LogP contribution in [-0.4, -0.2) is 24.3 Å². The summed E-state index contributed by atoms with van der Waals surface area (Å²) in [4.78, 5) is 11.8. The highest BCUT2D eigenvalue weighted by Crippen LogP contribution is 2.29. The highest BCUT2D eigenvalue weighted by molar-refractivity contribution is 5.75. The molecule has 0 heterocycles. The molecule has 3 nitrogen and oxygen atoms in total. The van der Waals surface area contributed by atoms with E-state index in [1.165, 1.54) is 0 Å². The second kappa shape index (κ2) is 6.39. The van der Waals surface area contributed by atoms with Crippen LogP contribution in [0.4, 0.5) is 0 Å². The van der Waals surface area contributed by atoms with Gasteiger partial charge in [-0.3, -0.25) is 4.79 Å². The van der Waals surface area contributed by atoms with Crippen LogP contribution in [0.5, 0.6) is 0 Å². The van der Waals surface area contributed by atoms with Crippen molar-refractivity contribution in [1.82, 2.24) is 0 Å². The summed E-state index contributed by atoms with van der Waals surface area (Å²) in [7, 11) is 0. The number of esters is 1. The fourth-order valence-corrected chi connectivity index (χ4v) is 2.11. The molecule has 0 aromatic rings. The van der Waals surface area contributed by atoms with Gasteiger partial charge in [0.2, 0.25) is 0 Å². The first-order valence-corrected chi connectivity index (χ1v) is 6.77. The first-order chi connectivity index (χ1) is 7.99. The van der Waals surface area contributed by atoms with Crippen molar-refractivity contribution in [2.45, 2.75) is 52.9 Å². The molecule has 0 aromatic heterocycles. The monoisotopic (exact) mass is 242 g/mol. The van der Waals surface area contributed by atoms with Crippen LogP contribution in [0.25, 0.3) is 0 Å². The molecule has 0 amide bonds.